The van der Waals surface area contributed by atoms with Gasteiger partial charge in [0.2, 0.25) is 0 Å². The Morgan fingerprint density at radius 2 is 2.13 bits per heavy atom. The Morgan fingerprint density at radius 3 is 2.67 bits per heavy atom. The van der Waals surface area contributed by atoms with Crippen LogP contribution in [0.15, 0.2) is 18.2 Å². The number of hydrogen-bond acceptors (Lipinski definition) is 2. The summed E-state index contributed by atoms with van der Waals surface area (Å²) < 4.78 is 0. The van der Waals surface area contributed by atoms with Crippen molar-refractivity contribution in [2.45, 2.75) is 20.4 Å². The molecule has 0 spiro atoms. The van der Waals surface area contributed by atoms with E-state index in [1.54, 1.807) is 0 Å². The highest BCUT2D eigenvalue weighted by atomic mass is 35.5. The monoisotopic (exact) mass is 226 g/mol. The number of rotatable bonds is 5. The lowest BCUT2D eigenvalue weighted by atomic mass is 10.1. The van der Waals surface area contributed by atoms with E-state index in [1.165, 1.54) is 5.56 Å². The first-order chi connectivity index (χ1) is 7.17. The van der Waals surface area contributed by atoms with Crippen molar-refractivity contribution in [3.05, 3.63) is 34.3 Å². The average Bonchev–Trinajstić information content (AvgIpc) is 2.23. The van der Waals surface area contributed by atoms with Gasteiger partial charge in [-0.1, -0.05) is 30.7 Å². The number of nitrogens with two attached hydrogens (primary N) is 1. The molecule has 0 bridgehead atoms. The number of likely N-dealkylation sites (N-methyl/N-ethyl adjacent to an activating group) is 1. The van der Waals surface area contributed by atoms with E-state index in [0.717, 1.165) is 30.2 Å². The first-order valence-corrected chi connectivity index (χ1v) is 5.72. The van der Waals surface area contributed by atoms with Crippen LogP contribution >= 0.6 is 11.6 Å². The zero-order chi connectivity index (χ0) is 11.3. The summed E-state index contributed by atoms with van der Waals surface area (Å²) in [6, 6.07) is 6.23. The van der Waals surface area contributed by atoms with Crippen molar-refractivity contribution in [2.24, 2.45) is 5.73 Å². The molecule has 0 fully saturated rings. The van der Waals surface area contributed by atoms with E-state index in [1.807, 2.05) is 13.0 Å². The van der Waals surface area contributed by atoms with Crippen molar-refractivity contribution in [1.82, 2.24) is 4.90 Å². The zero-order valence-electron chi connectivity index (χ0n) is 9.46. The van der Waals surface area contributed by atoms with Gasteiger partial charge >= 0.3 is 0 Å². The molecule has 0 saturated heterocycles. The van der Waals surface area contributed by atoms with Crippen LogP contribution in [-0.4, -0.2) is 24.5 Å². The molecular weight excluding hydrogens is 208 g/mol. The maximum Gasteiger partial charge on any atom is 0.0438 e. The van der Waals surface area contributed by atoms with E-state index < -0.39 is 0 Å². The van der Waals surface area contributed by atoms with Crippen molar-refractivity contribution in [2.75, 3.05) is 19.6 Å². The second-order valence-corrected chi connectivity index (χ2v) is 4.15. The Morgan fingerprint density at radius 1 is 1.40 bits per heavy atom. The summed E-state index contributed by atoms with van der Waals surface area (Å²) >= 11 is 6.07. The topological polar surface area (TPSA) is 29.3 Å². The maximum atomic E-state index is 6.07. The molecule has 0 heterocycles. The molecule has 2 nitrogen and oxygen atoms in total. The van der Waals surface area contributed by atoms with Crippen molar-refractivity contribution in [1.29, 1.82) is 0 Å². The molecule has 1 aromatic rings. The Balaban J connectivity index is 2.66. The van der Waals surface area contributed by atoms with Crippen LogP contribution in [0.5, 0.6) is 0 Å². The second-order valence-electron chi connectivity index (χ2n) is 3.74. The van der Waals surface area contributed by atoms with E-state index in [0.29, 0.717) is 6.54 Å². The van der Waals surface area contributed by atoms with Gasteiger partial charge in [-0.05, 0) is 30.7 Å². The van der Waals surface area contributed by atoms with Crippen LogP contribution in [0, 0.1) is 6.92 Å². The third-order valence-corrected chi connectivity index (χ3v) is 2.94. The largest absolute Gasteiger partial charge is 0.329 e. The zero-order valence-corrected chi connectivity index (χ0v) is 10.2. The quantitative estimate of drug-likeness (QED) is 0.836. The van der Waals surface area contributed by atoms with Gasteiger partial charge in [0.25, 0.3) is 0 Å². The maximum absolute atomic E-state index is 6.07. The Labute approximate surface area is 97.0 Å². The van der Waals surface area contributed by atoms with Gasteiger partial charge in [-0.2, -0.15) is 0 Å². The van der Waals surface area contributed by atoms with Crippen LogP contribution < -0.4 is 5.73 Å². The molecule has 0 aromatic heterocycles. The van der Waals surface area contributed by atoms with Crippen LogP contribution in [0.1, 0.15) is 18.1 Å². The summed E-state index contributed by atoms with van der Waals surface area (Å²) in [5.41, 5.74) is 7.92. The highest BCUT2D eigenvalue weighted by Crippen LogP contribution is 2.17. The Kier molecular flexibility index (Phi) is 5.09. The summed E-state index contributed by atoms with van der Waals surface area (Å²) in [7, 11) is 0. The molecule has 0 aliphatic carbocycles. The molecular formula is C12H19ClN2. The minimum atomic E-state index is 0.702. The smallest absolute Gasteiger partial charge is 0.0438 e. The third kappa shape index (κ3) is 3.82. The van der Waals surface area contributed by atoms with Crippen LogP contribution in [0.2, 0.25) is 5.02 Å². The molecule has 0 aliphatic heterocycles. The Hall–Kier alpha value is -0.570. The van der Waals surface area contributed by atoms with E-state index >= 15 is 0 Å². The van der Waals surface area contributed by atoms with E-state index in [9.17, 15) is 0 Å². The normalized spacial score (nSPS) is 11.0. The lowest BCUT2D eigenvalue weighted by molar-refractivity contribution is 0.288. The summed E-state index contributed by atoms with van der Waals surface area (Å²) in [6.07, 6.45) is 0. The summed E-state index contributed by atoms with van der Waals surface area (Å²) in [4.78, 5) is 2.31. The van der Waals surface area contributed by atoms with Crippen molar-refractivity contribution < 1.29 is 0 Å². The van der Waals surface area contributed by atoms with Crippen LogP contribution in [0.4, 0.5) is 0 Å². The molecule has 0 amide bonds. The van der Waals surface area contributed by atoms with Gasteiger partial charge in [-0.25, -0.2) is 0 Å². The molecule has 0 aliphatic rings. The van der Waals surface area contributed by atoms with Crippen LogP contribution in [0.25, 0.3) is 0 Å². The van der Waals surface area contributed by atoms with Gasteiger partial charge in [-0.3, -0.25) is 4.90 Å². The van der Waals surface area contributed by atoms with E-state index in [4.69, 9.17) is 17.3 Å². The number of hydrogen-bond donors (Lipinski definition) is 1. The fourth-order valence-electron chi connectivity index (χ4n) is 1.52. The predicted octanol–water partition coefficient (Wildman–Crippen LogP) is 2.43. The first-order valence-electron chi connectivity index (χ1n) is 5.34. The highest BCUT2D eigenvalue weighted by molar-refractivity contribution is 6.31. The molecule has 84 valence electrons. The number of aryl methyl sites for hydroxylation is 1. The Bertz CT molecular complexity index is 312. The molecule has 1 rings (SSSR count). The van der Waals surface area contributed by atoms with Crippen molar-refractivity contribution in [3.63, 3.8) is 0 Å². The fourth-order valence-corrected chi connectivity index (χ4v) is 1.73. The standard InChI is InChI=1S/C12H19ClN2/c1-3-15(7-6-14)9-11-5-4-10(2)12(13)8-11/h4-5,8H,3,6-7,9,14H2,1-2H3. The molecule has 15 heavy (non-hydrogen) atoms. The van der Waals surface area contributed by atoms with Gasteiger partial charge in [0.05, 0.1) is 0 Å². The second kappa shape index (κ2) is 6.11. The van der Waals surface area contributed by atoms with Crippen LogP contribution in [0.3, 0.4) is 0 Å². The SMILES string of the molecule is CCN(CCN)Cc1ccc(C)c(Cl)c1. The fraction of sp³-hybridized carbons (Fsp3) is 0.500. The molecule has 3 heteroatoms. The predicted molar refractivity (Wildman–Crippen MR) is 66.2 cm³/mol. The van der Waals surface area contributed by atoms with Crippen LogP contribution in [-0.2, 0) is 6.54 Å². The minimum Gasteiger partial charge on any atom is -0.329 e. The molecule has 0 atom stereocenters. The minimum absolute atomic E-state index is 0.702. The van der Waals surface area contributed by atoms with Gasteiger partial charge in [-0.15, -0.1) is 0 Å². The summed E-state index contributed by atoms with van der Waals surface area (Å²) in [6.45, 7) is 7.74. The average molecular weight is 227 g/mol. The van der Waals surface area contributed by atoms with E-state index in [-0.39, 0.29) is 0 Å². The molecule has 0 saturated carbocycles. The lowest BCUT2D eigenvalue weighted by Crippen LogP contribution is -2.28. The van der Waals surface area contributed by atoms with Gasteiger partial charge in [0.15, 0.2) is 0 Å². The summed E-state index contributed by atoms with van der Waals surface area (Å²) in [5.74, 6) is 0. The first kappa shape index (κ1) is 12.5. The lowest BCUT2D eigenvalue weighted by Gasteiger charge is -2.19. The molecule has 0 radical (unpaired) electrons. The molecule has 2 N–H and O–H groups in total. The summed E-state index contributed by atoms with van der Waals surface area (Å²) in [5, 5.41) is 0.844. The number of benzene rings is 1. The van der Waals surface area contributed by atoms with Crippen molar-refractivity contribution in [3.8, 4) is 0 Å². The molecule has 1 aromatic carbocycles. The number of halogens is 1. The van der Waals surface area contributed by atoms with E-state index in [2.05, 4.69) is 24.0 Å². The van der Waals surface area contributed by atoms with Gasteiger partial charge < -0.3 is 5.73 Å². The van der Waals surface area contributed by atoms with Crippen molar-refractivity contribution >= 4 is 11.6 Å². The van der Waals surface area contributed by atoms with Gasteiger partial charge in [0.1, 0.15) is 0 Å². The number of nitrogens with zero attached hydrogens (tertiary/aromatic N) is 1. The highest BCUT2D eigenvalue weighted by Gasteiger charge is 2.03. The van der Waals surface area contributed by atoms with Gasteiger partial charge in [0, 0.05) is 24.7 Å². The third-order valence-electron chi connectivity index (χ3n) is 2.53. The molecule has 0 unspecified atom stereocenters.